The van der Waals surface area contributed by atoms with Crippen LogP contribution in [0.3, 0.4) is 0 Å². The fraction of sp³-hybridized carbons (Fsp3) is 0.462. The Morgan fingerprint density at radius 1 is 1.17 bits per heavy atom. The van der Waals surface area contributed by atoms with Gasteiger partial charge in [0.05, 0.1) is 35.4 Å². The zero-order valence-electron chi connectivity index (χ0n) is 22.4. The molecular weight excluding hydrogens is 468 g/mol. The maximum atomic E-state index is 7.67. The molecule has 0 aliphatic heterocycles. The average Bonchev–Trinajstić information content (AvgIpc) is 2.84. The number of likely N-dealkylation sites (N-methyl/N-ethyl adjacent to an activating group) is 1. The van der Waals surface area contributed by atoms with E-state index in [1.165, 1.54) is 6.21 Å². The third-order valence-electron chi connectivity index (χ3n) is 6.71. The van der Waals surface area contributed by atoms with Crippen LogP contribution in [0.2, 0.25) is 18.1 Å². The zero-order valence-corrected chi connectivity index (χ0v) is 23.4. The molecule has 0 amide bonds. The number of rotatable bonds is 11. The minimum atomic E-state index is -1.79. The third-order valence-corrected chi connectivity index (χ3v) is 11.2. The van der Waals surface area contributed by atoms with Gasteiger partial charge in [0, 0.05) is 44.8 Å². The molecule has 10 heteroatoms. The van der Waals surface area contributed by atoms with Gasteiger partial charge < -0.3 is 20.1 Å². The van der Waals surface area contributed by atoms with E-state index in [1.54, 1.807) is 25.7 Å². The van der Waals surface area contributed by atoms with Crippen LogP contribution in [0.25, 0.3) is 11.0 Å². The second-order valence-corrected chi connectivity index (χ2v) is 15.0. The van der Waals surface area contributed by atoms with E-state index in [2.05, 4.69) is 71.2 Å². The van der Waals surface area contributed by atoms with Crippen molar-refractivity contribution in [1.29, 1.82) is 5.41 Å². The molecule has 0 aliphatic carbocycles. The summed E-state index contributed by atoms with van der Waals surface area (Å²) in [5.41, 5.74) is 3.36. The van der Waals surface area contributed by atoms with Gasteiger partial charge in [-0.25, -0.2) is 4.98 Å². The highest BCUT2D eigenvalue weighted by atomic mass is 28.4. The summed E-state index contributed by atoms with van der Waals surface area (Å²) in [5.74, 6) is 1.03. The Labute approximate surface area is 215 Å². The van der Waals surface area contributed by atoms with Crippen LogP contribution in [0.15, 0.2) is 41.7 Å². The molecule has 0 fully saturated rings. The summed E-state index contributed by atoms with van der Waals surface area (Å²) in [6.07, 6.45) is 6.60. The Hall–Kier alpha value is -3.24. The molecule has 2 N–H and O–H groups in total. The molecular formula is C26H38N8OSi. The lowest BCUT2D eigenvalue weighted by Crippen LogP contribution is -2.42. The predicted octanol–water partition coefficient (Wildman–Crippen LogP) is 5.45. The maximum Gasteiger partial charge on any atom is 0.192 e. The lowest BCUT2D eigenvalue weighted by atomic mass is 10.0. The van der Waals surface area contributed by atoms with Crippen LogP contribution in [-0.2, 0) is 4.43 Å². The molecule has 192 valence electrons. The molecule has 0 radical (unpaired) electrons. The van der Waals surface area contributed by atoms with E-state index in [1.807, 2.05) is 24.3 Å². The number of nitrogens with zero attached hydrogens (tertiary/aromatic N) is 6. The molecule has 3 rings (SSSR count). The summed E-state index contributed by atoms with van der Waals surface area (Å²) in [6, 6.07) is 7.70. The van der Waals surface area contributed by atoms with Crippen LogP contribution in [0.5, 0.6) is 0 Å². The molecule has 1 atom stereocenters. The Kier molecular flexibility index (Phi) is 8.86. The molecule has 0 saturated heterocycles. The summed E-state index contributed by atoms with van der Waals surface area (Å²) >= 11 is 0. The largest absolute Gasteiger partial charge is 0.415 e. The highest BCUT2D eigenvalue weighted by Crippen LogP contribution is 2.36. The number of aliphatic imine (C=N–C) groups is 1. The average molecular weight is 507 g/mol. The van der Waals surface area contributed by atoms with E-state index in [9.17, 15) is 0 Å². The Bertz CT molecular complexity index is 1210. The molecule has 36 heavy (non-hydrogen) atoms. The van der Waals surface area contributed by atoms with Crippen LogP contribution in [0.4, 0.5) is 17.3 Å². The van der Waals surface area contributed by atoms with E-state index in [-0.39, 0.29) is 11.0 Å². The van der Waals surface area contributed by atoms with Crippen molar-refractivity contribution in [2.24, 2.45) is 4.99 Å². The number of aromatic nitrogens is 4. The van der Waals surface area contributed by atoms with Crippen LogP contribution in [0.1, 0.15) is 39.2 Å². The zero-order chi connectivity index (χ0) is 26.3. The first-order valence-electron chi connectivity index (χ1n) is 12.3. The first-order valence-corrected chi connectivity index (χ1v) is 15.2. The monoisotopic (exact) mass is 506 g/mol. The normalized spacial score (nSPS) is 13.2. The highest BCUT2D eigenvalue weighted by molar-refractivity contribution is 6.74. The summed E-state index contributed by atoms with van der Waals surface area (Å²) in [6.45, 7) is 15.7. The van der Waals surface area contributed by atoms with Crippen molar-refractivity contribution in [3.63, 3.8) is 0 Å². The summed E-state index contributed by atoms with van der Waals surface area (Å²) in [5, 5.41) is 19.6. The van der Waals surface area contributed by atoms with Crippen molar-refractivity contribution < 1.29 is 4.43 Å². The van der Waals surface area contributed by atoms with Gasteiger partial charge in [-0.05, 0) is 48.8 Å². The van der Waals surface area contributed by atoms with Gasteiger partial charge in [-0.3, -0.25) is 9.98 Å². The van der Waals surface area contributed by atoms with Gasteiger partial charge in [-0.2, -0.15) is 5.10 Å². The van der Waals surface area contributed by atoms with Gasteiger partial charge in [0.15, 0.2) is 14.1 Å². The molecule has 3 aromatic heterocycles. The van der Waals surface area contributed by atoms with Gasteiger partial charge in [-0.1, -0.05) is 20.8 Å². The minimum absolute atomic E-state index is 0.187. The van der Waals surface area contributed by atoms with Crippen molar-refractivity contribution in [3.05, 3.63) is 42.2 Å². The maximum absolute atomic E-state index is 7.67. The molecule has 0 aromatic carbocycles. The van der Waals surface area contributed by atoms with E-state index in [0.29, 0.717) is 18.2 Å². The lowest BCUT2D eigenvalue weighted by molar-refractivity contribution is 0.294. The van der Waals surface area contributed by atoms with Crippen molar-refractivity contribution in [1.82, 2.24) is 20.2 Å². The molecule has 3 aromatic rings. The van der Waals surface area contributed by atoms with Gasteiger partial charge >= 0.3 is 0 Å². The van der Waals surface area contributed by atoms with Crippen molar-refractivity contribution >= 4 is 49.1 Å². The second kappa shape index (κ2) is 11.7. The number of pyridine rings is 2. The molecule has 0 bridgehead atoms. The van der Waals surface area contributed by atoms with E-state index < -0.39 is 8.32 Å². The number of hydrogen-bond donors (Lipinski definition) is 2. The summed E-state index contributed by atoms with van der Waals surface area (Å²) in [4.78, 5) is 15.5. The van der Waals surface area contributed by atoms with Gasteiger partial charge in [0.2, 0.25) is 0 Å². The van der Waals surface area contributed by atoms with Crippen LogP contribution in [0, 0.1) is 5.41 Å². The van der Waals surface area contributed by atoms with Crippen LogP contribution < -0.4 is 10.2 Å². The van der Waals surface area contributed by atoms with Crippen molar-refractivity contribution in [2.75, 3.05) is 37.0 Å². The minimum Gasteiger partial charge on any atom is -0.415 e. The quantitative estimate of drug-likeness (QED) is 0.263. The fourth-order valence-electron chi connectivity index (χ4n) is 3.48. The first-order chi connectivity index (χ1) is 17.1. The van der Waals surface area contributed by atoms with Gasteiger partial charge in [-0.15, -0.1) is 5.10 Å². The SMILES string of the molecule is CCN(CCO[Si](C)(C)C(C)(C)C)c1cnnc(Nc2ccc3ncc(C(C=N)C=NC)cc3n2)c1. The molecule has 9 nitrogen and oxygen atoms in total. The van der Waals surface area contributed by atoms with Crippen LogP contribution in [-0.4, -0.2) is 67.7 Å². The smallest absolute Gasteiger partial charge is 0.192 e. The van der Waals surface area contributed by atoms with Crippen molar-refractivity contribution in [3.8, 4) is 0 Å². The topological polar surface area (TPSA) is 112 Å². The molecule has 1 unspecified atom stereocenters. The highest BCUT2D eigenvalue weighted by Gasteiger charge is 2.37. The Morgan fingerprint density at radius 2 is 1.94 bits per heavy atom. The number of nitrogens with one attached hydrogen (secondary N) is 2. The number of anilines is 3. The van der Waals surface area contributed by atoms with Gasteiger partial charge in [0.25, 0.3) is 0 Å². The Balaban J connectivity index is 1.75. The van der Waals surface area contributed by atoms with E-state index in [4.69, 9.17) is 14.8 Å². The third kappa shape index (κ3) is 6.70. The predicted molar refractivity (Wildman–Crippen MR) is 152 cm³/mol. The second-order valence-electron chi connectivity index (χ2n) is 10.2. The van der Waals surface area contributed by atoms with Gasteiger partial charge in [0.1, 0.15) is 5.82 Å². The molecule has 3 heterocycles. The number of hydrogen-bond acceptors (Lipinski definition) is 9. The lowest BCUT2D eigenvalue weighted by Gasteiger charge is -2.37. The Morgan fingerprint density at radius 3 is 2.61 bits per heavy atom. The van der Waals surface area contributed by atoms with E-state index in [0.717, 1.165) is 35.4 Å². The first kappa shape index (κ1) is 27.3. The molecule has 0 spiro atoms. The van der Waals surface area contributed by atoms with Crippen LogP contribution >= 0.6 is 0 Å². The molecule has 0 aliphatic rings. The molecule has 0 saturated carbocycles. The number of fused-ring (bicyclic) bond motifs is 1. The van der Waals surface area contributed by atoms with Crippen molar-refractivity contribution in [2.45, 2.75) is 51.7 Å². The summed E-state index contributed by atoms with van der Waals surface area (Å²) in [7, 11) is -0.0925. The fourth-order valence-corrected chi connectivity index (χ4v) is 4.51. The summed E-state index contributed by atoms with van der Waals surface area (Å²) < 4.78 is 6.37. The van der Waals surface area contributed by atoms with E-state index >= 15 is 0 Å². The standard InChI is InChI=1S/C26H38N8OSi/c1-8-34(11-12-35-36(6,7)26(2,3)4)21-14-25(33-30-18-21)32-24-10-9-22-23(31-24)13-19(17-29-22)20(15-27)16-28-5/h9-10,13-18,20,27H,8,11-12H2,1-7H3,(H,31,32,33).